The number of amides is 1. The number of hydrogen-bond acceptors (Lipinski definition) is 4. The molecule has 0 aromatic heterocycles. The number of likely N-dealkylation sites (tertiary alicyclic amines) is 1. The van der Waals surface area contributed by atoms with Gasteiger partial charge in [0.2, 0.25) is 0 Å². The summed E-state index contributed by atoms with van der Waals surface area (Å²) in [5.41, 5.74) is 0.755. The summed E-state index contributed by atoms with van der Waals surface area (Å²) in [6.07, 6.45) is 1.71. The molecule has 1 amide bonds. The van der Waals surface area contributed by atoms with Gasteiger partial charge in [0.1, 0.15) is 0 Å². The lowest BCUT2D eigenvalue weighted by atomic mass is 9.98. The Hall–Kier alpha value is -2.09. The van der Waals surface area contributed by atoms with Crippen LogP contribution in [0.1, 0.15) is 23.2 Å². The minimum atomic E-state index is -3.85. The van der Waals surface area contributed by atoms with E-state index >= 15 is 0 Å². The molecule has 0 spiro atoms. The molecule has 1 N–H and O–H groups in total. The lowest BCUT2D eigenvalue weighted by Crippen LogP contribution is -2.41. The van der Waals surface area contributed by atoms with Gasteiger partial charge < -0.3 is 10.0 Å². The van der Waals surface area contributed by atoms with Crippen LogP contribution < -0.4 is 4.31 Å². The number of benzene rings is 2. The van der Waals surface area contributed by atoms with Gasteiger partial charge in [0.15, 0.2) is 0 Å². The zero-order valence-electron chi connectivity index (χ0n) is 15.6. The van der Waals surface area contributed by atoms with Gasteiger partial charge >= 0.3 is 0 Å². The molecule has 150 valence electrons. The standard InChI is InChI=1S/C20H23ClN2O4S/c1-22(18-8-3-7-17(21)12-18)28(26,27)19-9-2-6-16(11-19)20(25)23-10-4-5-15(13-23)14-24/h2-3,6-9,11-12,15,24H,4-5,10,13-14H2,1H3. The summed E-state index contributed by atoms with van der Waals surface area (Å²) in [5, 5.41) is 9.81. The van der Waals surface area contributed by atoms with Crippen LogP contribution in [-0.2, 0) is 10.0 Å². The van der Waals surface area contributed by atoms with Crippen LogP contribution in [0.15, 0.2) is 53.4 Å². The third-order valence-electron chi connectivity index (χ3n) is 4.98. The Morgan fingerprint density at radius 1 is 1.25 bits per heavy atom. The van der Waals surface area contributed by atoms with Crippen molar-refractivity contribution in [3.05, 3.63) is 59.1 Å². The molecule has 6 nitrogen and oxygen atoms in total. The lowest BCUT2D eigenvalue weighted by Gasteiger charge is -2.32. The molecule has 1 atom stereocenters. The van der Waals surface area contributed by atoms with Crippen LogP contribution in [0.3, 0.4) is 0 Å². The second-order valence-electron chi connectivity index (χ2n) is 6.92. The van der Waals surface area contributed by atoms with Gasteiger partial charge in [-0.1, -0.05) is 23.7 Å². The first-order valence-electron chi connectivity index (χ1n) is 9.07. The van der Waals surface area contributed by atoms with Gasteiger partial charge in [0.25, 0.3) is 15.9 Å². The molecule has 1 fully saturated rings. The highest BCUT2D eigenvalue weighted by Crippen LogP contribution is 2.26. The lowest BCUT2D eigenvalue weighted by molar-refractivity contribution is 0.0620. The first-order chi connectivity index (χ1) is 13.3. The SMILES string of the molecule is CN(c1cccc(Cl)c1)S(=O)(=O)c1cccc(C(=O)N2CCCC(CO)C2)c1. The van der Waals surface area contributed by atoms with Gasteiger partial charge in [-0.3, -0.25) is 9.10 Å². The molecular formula is C20H23ClN2O4S. The molecule has 0 bridgehead atoms. The largest absolute Gasteiger partial charge is 0.396 e. The van der Waals surface area contributed by atoms with E-state index in [4.69, 9.17) is 11.6 Å². The summed E-state index contributed by atoms with van der Waals surface area (Å²) >= 11 is 5.97. The Balaban J connectivity index is 1.86. The van der Waals surface area contributed by atoms with E-state index in [1.807, 2.05) is 0 Å². The van der Waals surface area contributed by atoms with Crippen molar-refractivity contribution in [3.63, 3.8) is 0 Å². The van der Waals surface area contributed by atoms with E-state index in [1.54, 1.807) is 41.3 Å². The molecule has 1 aliphatic heterocycles. The number of halogens is 1. The van der Waals surface area contributed by atoms with Gasteiger partial charge in [-0.15, -0.1) is 0 Å². The van der Waals surface area contributed by atoms with E-state index in [1.165, 1.54) is 19.2 Å². The topological polar surface area (TPSA) is 77.9 Å². The third-order valence-corrected chi connectivity index (χ3v) is 6.99. The van der Waals surface area contributed by atoms with Crippen LogP contribution in [0.4, 0.5) is 5.69 Å². The number of piperidine rings is 1. The average Bonchev–Trinajstić information content (AvgIpc) is 2.72. The van der Waals surface area contributed by atoms with Gasteiger partial charge in [0.05, 0.1) is 10.6 Å². The van der Waals surface area contributed by atoms with E-state index in [0.717, 1.165) is 17.1 Å². The summed E-state index contributed by atoms with van der Waals surface area (Å²) in [5.74, 6) is -0.154. The van der Waals surface area contributed by atoms with Crippen molar-refractivity contribution in [2.45, 2.75) is 17.7 Å². The number of aliphatic hydroxyl groups is 1. The van der Waals surface area contributed by atoms with Crippen LogP contribution in [0.2, 0.25) is 5.02 Å². The smallest absolute Gasteiger partial charge is 0.264 e. The quantitative estimate of drug-likeness (QED) is 0.803. The van der Waals surface area contributed by atoms with E-state index in [0.29, 0.717) is 29.4 Å². The van der Waals surface area contributed by atoms with Crippen molar-refractivity contribution in [1.82, 2.24) is 4.90 Å². The summed E-state index contributed by atoms with van der Waals surface area (Å²) in [6, 6.07) is 12.6. The highest BCUT2D eigenvalue weighted by molar-refractivity contribution is 7.92. The maximum absolute atomic E-state index is 13.0. The fraction of sp³-hybridized carbons (Fsp3) is 0.350. The molecule has 3 rings (SSSR count). The molecule has 1 aliphatic rings. The number of hydrogen-bond donors (Lipinski definition) is 1. The van der Waals surface area contributed by atoms with Gasteiger partial charge in [-0.05, 0) is 55.2 Å². The predicted molar refractivity (Wildman–Crippen MR) is 109 cm³/mol. The van der Waals surface area contributed by atoms with E-state index in [2.05, 4.69) is 0 Å². The Morgan fingerprint density at radius 3 is 2.71 bits per heavy atom. The van der Waals surface area contributed by atoms with Crippen LogP contribution in [0.5, 0.6) is 0 Å². The molecule has 8 heteroatoms. The molecular weight excluding hydrogens is 400 g/mol. The summed E-state index contributed by atoms with van der Waals surface area (Å²) in [4.78, 5) is 14.6. The predicted octanol–water partition coefficient (Wildman–Crippen LogP) is 3.01. The normalized spacial score (nSPS) is 17.4. The minimum absolute atomic E-state index is 0.0385. The third kappa shape index (κ3) is 4.32. The van der Waals surface area contributed by atoms with Gasteiger partial charge in [-0.25, -0.2) is 8.42 Å². The van der Waals surface area contributed by atoms with Crippen molar-refractivity contribution in [2.75, 3.05) is 31.0 Å². The fourth-order valence-electron chi connectivity index (χ4n) is 3.34. The zero-order chi connectivity index (χ0) is 20.3. The van der Waals surface area contributed by atoms with Gasteiger partial charge in [-0.2, -0.15) is 0 Å². The Bertz CT molecular complexity index is 964. The molecule has 0 radical (unpaired) electrons. The second kappa shape index (κ2) is 8.51. The first-order valence-corrected chi connectivity index (χ1v) is 10.9. The van der Waals surface area contributed by atoms with Crippen molar-refractivity contribution >= 4 is 33.2 Å². The van der Waals surface area contributed by atoms with E-state index < -0.39 is 10.0 Å². The van der Waals surface area contributed by atoms with Crippen molar-refractivity contribution in [2.24, 2.45) is 5.92 Å². The van der Waals surface area contributed by atoms with Crippen molar-refractivity contribution < 1.29 is 18.3 Å². The number of rotatable bonds is 5. The van der Waals surface area contributed by atoms with Crippen LogP contribution in [-0.4, -0.2) is 51.1 Å². The number of sulfonamides is 1. The maximum atomic E-state index is 13.0. The molecule has 1 saturated heterocycles. The number of carbonyl (C=O) groups is 1. The minimum Gasteiger partial charge on any atom is -0.396 e. The Kier molecular flexibility index (Phi) is 6.27. The molecule has 0 saturated carbocycles. The van der Waals surface area contributed by atoms with E-state index in [-0.39, 0.29) is 23.3 Å². The highest BCUT2D eigenvalue weighted by atomic mass is 35.5. The number of anilines is 1. The molecule has 1 unspecified atom stereocenters. The van der Waals surface area contributed by atoms with Crippen LogP contribution in [0, 0.1) is 5.92 Å². The maximum Gasteiger partial charge on any atom is 0.264 e. The fourth-order valence-corrected chi connectivity index (χ4v) is 4.76. The second-order valence-corrected chi connectivity index (χ2v) is 9.33. The van der Waals surface area contributed by atoms with E-state index in [9.17, 15) is 18.3 Å². The summed E-state index contributed by atoms with van der Waals surface area (Å²) in [6.45, 7) is 1.13. The molecule has 2 aromatic rings. The number of nitrogens with zero attached hydrogens (tertiary/aromatic N) is 2. The summed E-state index contributed by atoms with van der Waals surface area (Å²) in [7, 11) is -2.40. The molecule has 1 heterocycles. The van der Waals surface area contributed by atoms with Crippen LogP contribution in [0.25, 0.3) is 0 Å². The van der Waals surface area contributed by atoms with Crippen LogP contribution >= 0.6 is 11.6 Å². The molecule has 28 heavy (non-hydrogen) atoms. The highest BCUT2D eigenvalue weighted by Gasteiger charge is 2.26. The first kappa shape index (κ1) is 20.6. The average molecular weight is 423 g/mol. The number of aliphatic hydroxyl groups excluding tert-OH is 1. The zero-order valence-corrected chi connectivity index (χ0v) is 17.2. The molecule has 2 aromatic carbocycles. The Morgan fingerprint density at radius 2 is 2.00 bits per heavy atom. The summed E-state index contributed by atoms with van der Waals surface area (Å²) < 4.78 is 27.2. The number of carbonyl (C=O) groups excluding carboxylic acids is 1. The van der Waals surface area contributed by atoms with Crippen molar-refractivity contribution in [1.29, 1.82) is 0 Å². The molecule has 0 aliphatic carbocycles. The monoisotopic (exact) mass is 422 g/mol. The van der Waals surface area contributed by atoms with Gasteiger partial charge in [0, 0.05) is 37.3 Å². The Labute approximate surface area is 170 Å². The van der Waals surface area contributed by atoms with Crippen molar-refractivity contribution in [3.8, 4) is 0 Å².